The van der Waals surface area contributed by atoms with E-state index in [-0.39, 0.29) is 0 Å². The van der Waals surface area contributed by atoms with Crippen LogP contribution in [0.5, 0.6) is 0 Å². The third-order valence-electron chi connectivity index (χ3n) is 3.06. The van der Waals surface area contributed by atoms with Crippen molar-refractivity contribution in [2.24, 2.45) is 11.8 Å². The lowest BCUT2D eigenvalue weighted by atomic mass is 9.74. The summed E-state index contributed by atoms with van der Waals surface area (Å²) in [7, 11) is 0. The highest BCUT2D eigenvalue weighted by Crippen LogP contribution is 2.36. The van der Waals surface area contributed by atoms with Gasteiger partial charge >= 0.3 is 0 Å². The molecule has 0 aromatic heterocycles. The molecule has 0 bridgehead atoms. The van der Waals surface area contributed by atoms with Crippen LogP contribution >= 0.6 is 0 Å². The van der Waals surface area contributed by atoms with Gasteiger partial charge in [-0.2, -0.15) is 0 Å². The van der Waals surface area contributed by atoms with E-state index < -0.39 is 0 Å². The Balaban J connectivity index is 0.000000342. The minimum atomic E-state index is 0.975. The fourth-order valence-electron chi connectivity index (χ4n) is 2.43. The topological polar surface area (TPSA) is 0 Å². The Morgan fingerprint density at radius 2 is 1.60 bits per heavy atom. The first-order valence-electron chi connectivity index (χ1n) is 7.05. The second-order valence-electron chi connectivity index (χ2n) is 4.42. The van der Waals surface area contributed by atoms with Crippen LogP contribution in [0.15, 0.2) is 12.2 Å². The summed E-state index contributed by atoms with van der Waals surface area (Å²) >= 11 is 0. The molecule has 2 aliphatic carbocycles. The molecule has 0 aromatic carbocycles. The Morgan fingerprint density at radius 3 is 2.20 bits per heavy atom. The molecule has 0 saturated heterocycles. The number of allylic oxidation sites excluding steroid dienone is 2. The monoisotopic (exact) mass is 210 g/mol. The lowest BCUT2D eigenvalue weighted by Crippen LogP contribution is -2.19. The summed E-state index contributed by atoms with van der Waals surface area (Å²) in [6.45, 7) is 8.25. The summed E-state index contributed by atoms with van der Waals surface area (Å²) in [5.74, 6) is 2.04. The summed E-state index contributed by atoms with van der Waals surface area (Å²) in [4.78, 5) is 0. The molecule has 0 aliphatic heterocycles. The predicted octanol–water partition coefficient (Wildman–Crippen LogP) is 5.59. The molecule has 0 spiro atoms. The van der Waals surface area contributed by atoms with Gasteiger partial charge in [-0.15, -0.1) is 0 Å². The molecule has 2 rings (SSSR count). The Bertz CT molecular complexity index is 146. The van der Waals surface area contributed by atoms with E-state index in [0.717, 1.165) is 11.8 Å². The van der Waals surface area contributed by atoms with E-state index in [1.165, 1.54) is 44.9 Å². The van der Waals surface area contributed by atoms with Crippen LogP contribution in [-0.4, -0.2) is 0 Å². The van der Waals surface area contributed by atoms with E-state index >= 15 is 0 Å². The quantitative estimate of drug-likeness (QED) is 0.457. The van der Waals surface area contributed by atoms with Crippen LogP contribution in [0.4, 0.5) is 0 Å². The van der Waals surface area contributed by atoms with E-state index in [9.17, 15) is 0 Å². The van der Waals surface area contributed by atoms with Gasteiger partial charge in [0.15, 0.2) is 0 Å². The van der Waals surface area contributed by atoms with Gasteiger partial charge in [-0.25, -0.2) is 0 Å². The number of hydrogen-bond acceptors (Lipinski definition) is 0. The van der Waals surface area contributed by atoms with Gasteiger partial charge in [0.05, 0.1) is 0 Å². The molecule has 15 heavy (non-hydrogen) atoms. The zero-order chi connectivity index (χ0) is 11.5. The Morgan fingerprint density at radius 1 is 1.00 bits per heavy atom. The summed E-state index contributed by atoms with van der Waals surface area (Å²) in [6.07, 6.45) is 14.9. The molecule has 0 heteroatoms. The summed E-state index contributed by atoms with van der Waals surface area (Å²) in [5.41, 5.74) is 0. The van der Waals surface area contributed by atoms with Crippen LogP contribution in [0.1, 0.15) is 72.6 Å². The minimum Gasteiger partial charge on any atom is -0.0882 e. The van der Waals surface area contributed by atoms with Crippen molar-refractivity contribution < 1.29 is 0 Å². The predicted molar refractivity (Wildman–Crippen MR) is 71.1 cm³/mol. The fourth-order valence-corrected chi connectivity index (χ4v) is 2.43. The molecule has 90 valence electrons. The van der Waals surface area contributed by atoms with Crippen molar-refractivity contribution >= 4 is 0 Å². The first-order chi connectivity index (χ1) is 7.38. The van der Waals surface area contributed by atoms with Crippen LogP contribution in [0.3, 0.4) is 0 Å². The fraction of sp³-hybridized carbons (Fsp3) is 0.867. The SMILES string of the molecule is C1=CC2CCCCC2CC1.CC.CCC. The lowest BCUT2D eigenvalue weighted by molar-refractivity contribution is 0.259. The molecule has 0 amide bonds. The van der Waals surface area contributed by atoms with Gasteiger partial charge in [0.1, 0.15) is 0 Å². The zero-order valence-corrected chi connectivity index (χ0v) is 11.3. The molecule has 0 heterocycles. The summed E-state index contributed by atoms with van der Waals surface area (Å²) < 4.78 is 0. The van der Waals surface area contributed by atoms with Crippen molar-refractivity contribution in [1.29, 1.82) is 0 Å². The van der Waals surface area contributed by atoms with Crippen LogP contribution in [0.2, 0.25) is 0 Å². The maximum atomic E-state index is 2.47. The zero-order valence-electron chi connectivity index (χ0n) is 11.3. The highest BCUT2D eigenvalue weighted by Gasteiger charge is 2.23. The van der Waals surface area contributed by atoms with Crippen LogP contribution in [0, 0.1) is 11.8 Å². The smallest absolute Gasteiger partial charge is 0.0205 e. The van der Waals surface area contributed by atoms with E-state index in [0.29, 0.717) is 0 Å². The lowest BCUT2D eigenvalue weighted by Gasteiger charge is -2.31. The van der Waals surface area contributed by atoms with E-state index in [1.54, 1.807) is 0 Å². The Labute approximate surface area is 97.2 Å². The van der Waals surface area contributed by atoms with Crippen molar-refractivity contribution in [1.82, 2.24) is 0 Å². The van der Waals surface area contributed by atoms with Gasteiger partial charge < -0.3 is 0 Å². The highest BCUT2D eigenvalue weighted by molar-refractivity contribution is 4.98. The van der Waals surface area contributed by atoms with Gasteiger partial charge in [-0.1, -0.05) is 59.1 Å². The second-order valence-corrected chi connectivity index (χ2v) is 4.42. The normalized spacial score (nSPS) is 27.7. The van der Waals surface area contributed by atoms with Gasteiger partial charge in [-0.3, -0.25) is 0 Å². The first kappa shape index (κ1) is 14.7. The average Bonchev–Trinajstić information content (AvgIpc) is 2.33. The molecular weight excluding hydrogens is 180 g/mol. The molecule has 2 aliphatic rings. The molecule has 2 unspecified atom stereocenters. The number of fused-ring (bicyclic) bond motifs is 1. The molecule has 0 nitrogen and oxygen atoms in total. The Kier molecular flexibility index (Phi) is 10.1. The Hall–Kier alpha value is -0.260. The molecular formula is C15H30. The molecule has 0 aromatic rings. The number of rotatable bonds is 0. The van der Waals surface area contributed by atoms with E-state index in [2.05, 4.69) is 26.0 Å². The van der Waals surface area contributed by atoms with Gasteiger partial charge in [-0.05, 0) is 37.5 Å². The standard InChI is InChI=1S/C10H16.C3H8.C2H6/c1-2-6-10-8-4-3-7-9(10)5-1;1-3-2;1-2/h1,5,9-10H,2-4,6-8H2;3H2,1-2H3;1-2H3. The molecule has 2 atom stereocenters. The highest BCUT2D eigenvalue weighted by atomic mass is 14.3. The van der Waals surface area contributed by atoms with Gasteiger partial charge in [0.2, 0.25) is 0 Å². The van der Waals surface area contributed by atoms with Gasteiger partial charge in [0.25, 0.3) is 0 Å². The van der Waals surface area contributed by atoms with Crippen molar-refractivity contribution in [3.05, 3.63) is 12.2 Å². The van der Waals surface area contributed by atoms with Crippen molar-refractivity contribution in [3.8, 4) is 0 Å². The van der Waals surface area contributed by atoms with Crippen LogP contribution in [-0.2, 0) is 0 Å². The van der Waals surface area contributed by atoms with E-state index in [1.807, 2.05) is 13.8 Å². The van der Waals surface area contributed by atoms with Crippen LogP contribution < -0.4 is 0 Å². The number of hydrogen-bond donors (Lipinski definition) is 0. The van der Waals surface area contributed by atoms with Gasteiger partial charge in [0, 0.05) is 0 Å². The molecule has 0 radical (unpaired) electrons. The van der Waals surface area contributed by atoms with Crippen LogP contribution in [0.25, 0.3) is 0 Å². The average molecular weight is 210 g/mol. The molecule has 1 saturated carbocycles. The largest absolute Gasteiger partial charge is 0.0882 e. The summed E-state index contributed by atoms with van der Waals surface area (Å²) in [6, 6.07) is 0. The molecule has 0 N–H and O–H groups in total. The second kappa shape index (κ2) is 10.3. The maximum absolute atomic E-state index is 2.47. The van der Waals surface area contributed by atoms with Crippen molar-refractivity contribution in [3.63, 3.8) is 0 Å². The summed E-state index contributed by atoms with van der Waals surface area (Å²) in [5, 5.41) is 0. The molecule has 1 fully saturated rings. The third-order valence-corrected chi connectivity index (χ3v) is 3.06. The van der Waals surface area contributed by atoms with Crippen molar-refractivity contribution in [2.45, 2.75) is 72.6 Å². The first-order valence-corrected chi connectivity index (χ1v) is 7.05. The van der Waals surface area contributed by atoms with Crippen molar-refractivity contribution in [2.75, 3.05) is 0 Å². The van der Waals surface area contributed by atoms with E-state index in [4.69, 9.17) is 0 Å². The maximum Gasteiger partial charge on any atom is -0.0205 e. The minimum absolute atomic E-state index is 0.975. The third kappa shape index (κ3) is 6.02.